The molecule has 0 aromatic carbocycles. The molecule has 1 saturated heterocycles. The topological polar surface area (TPSA) is 38.7 Å². The second-order valence-corrected chi connectivity index (χ2v) is 8.28. The van der Waals surface area contributed by atoms with Gasteiger partial charge in [0.1, 0.15) is 26.2 Å². The molecule has 0 radical (unpaired) electrons. The van der Waals surface area contributed by atoms with Crippen molar-refractivity contribution in [2.75, 3.05) is 46.0 Å². The lowest BCUT2D eigenvalue weighted by molar-refractivity contribution is -0.936. The molecule has 0 aliphatic carbocycles. The number of nitrogens with zero attached hydrogens (tertiary/aromatic N) is 1. The van der Waals surface area contributed by atoms with Crippen LogP contribution in [0.25, 0.3) is 0 Å². The van der Waals surface area contributed by atoms with Crippen molar-refractivity contribution >= 4 is 0 Å². The van der Waals surface area contributed by atoms with Crippen molar-refractivity contribution < 1.29 is 19.4 Å². The quantitative estimate of drug-likeness (QED) is 0.143. The van der Waals surface area contributed by atoms with Crippen molar-refractivity contribution in [1.82, 2.24) is 0 Å². The number of morpholine rings is 1. The molecule has 0 aromatic heterocycles. The van der Waals surface area contributed by atoms with Crippen LogP contribution < -0.4 is 0 Å². The van der Waals surface area contributed by atoms with Crippen molar-refractivity contribution in [3.63, 3.8) is 0 Å². The van der Waals surface area contributed by atoms with Crippen molar-refractivity contribution in [2.45, 2.75) is 96.8 Å². The summed E-state index contributed by atoms with van der Waals surface area (Å²) in [6, 6.07) is 0. The van der Waals surface area contributed by atoms with E-state index in [0.717, 1.165) is 37.3 Å². The van der Waals surface area contributed by atoms with Gasteiger partial charge in [0, 0.05) is 0 Å². The van der Waals surface area contributed by atoms with Gasteiger partial charge in [-0.2, -0.15) is 0 Å². The summed E-state index contributed by atoms with van der Waals surface area (Å²) in [6.07, 6.45) is 19.7. The standard InChI is InChI=1S/C22H45NO3/c1-2-3-4-5-6-7-8-9-10-11-12-13-14-15-16-23(19-22-26-24)17-20-25-21-18-23/h2-22H2,1H3/p+1. The van der Waals surface area contributed by atoms with Gasteiger partial charge in [0.25, 0.3) is 0 Å². The Bertz CT molecular complexity index is 293. The molecule has 0 amide bonds. The first-order chi connectivity index (χ1) is 12.8. The Morgan fingerprint density at radius 1 is 0.692 bits per heavy atom. The fourth-order valence-electron chi connectivity index (χ4n) is 4.17. The van der Waals surface area contributed by atoms with E-state index in [1.165, 1.54) is 96.4 Å². The maximum atomic E-state index is 8.66. The van der Waals surface area contributed by atoms with Gasteiger partial charge < -0.3 is 9.22 Å². The second kappa shape index (κ2) is 17.0. The first-order valence-electron chi connectivity index (χ1n) is 11.5. The highest BCUT2D eigenvalue weighted by Crippen LogP contribution is 2.16. The molecule has 26 heavy (non-hydrogen) atoms. The zero-order chi connectivity index (χ0) is 18.8. The molecule has 0 unspecified atom stereocenters. The van der Waals surface area contributed by atoms with Crippen LogP contribution in [0.4, 0.5) is 0 Å². The molecule has 4 nitrogen and oxygen atoms in total. The van der Waals surface area contributed by atoms with Gasteiger partial charge in [0.15, 0.2) is 0 Å². The average Bonchev–Trinajstić information content (AvgIpc) is 2.67. The Balaban J connectivity index is 1.89. The van der Waals surface area contributed by atoms with E-state index in [2.05, 4.69) is 11.8 Å². The van der Waals surface area contributed by atoms with Gasteiger partial charge in [-0.15, -0.1) is 0 Å². The van der Waals surface area contributed by atoms with Gasteiger partial charge in [-0.3, -0.25) is 5.26 Å². The molecule has 1 rings (SSSR count). The maximum absolute atomic E-state index is 8.66. The lowest BCUT2D eigenvalue weighted by Crippen LogP contribution is -2.57. The van der Waals surface area contributed by atoms with Crippen molar-refractivity contribution in [1.29, 1.82) is 0 Å². The smallest absolute Gasteiger partial charge is 0.131 e. The van der Waals surface area contributed by atoms with Crippen molar-refractivity contribution in [3.8, 4) is 0 Å². The van der Waals surface area contributed by atoms with Crippen LogP contribution in [0.15, 0.2) is 0 Å². The molecule has 0 aromatic rings. The zero-order valence-electron chi connectivity index (χ0n) is 17.6. The van der Waals surface area contributed by atoms with E-state index in [1.54, 1.807) is 0 Å². The lowest BCUT2D eigenvalue weighted by atomic mass is 10.0. The van der Waals surface area contributed by atoms with Crippen LogP contribution in [0.5, 0.6) is 0 Å². The number of unbranched alkanes of at least 4 members (excludes halogenated alkanes) is 13. The highest BCUT2D eigenvalue weighted by atomic mass is 17.1. The van der Waals surface area contributed by atoms with Crippen molar-refractivity contribution in [2.24, 2.45) is 0 Å². The summed E-state index contributed by atoms with van der Waals surface area (Å²) in [7, 11) is 0. The summed E-state index contributed by atoms with van der Waals surface area (Å²) in [6.45, 7) is 8.70. The van der Waals surface area contributed by atoms with Crippen LogP contribution in [0.2, 0.25) is 0 Å². The van der Waals surface area contributed by atoms with E-state index in [-0.39, 0.29) is 0 Å². The van der Waals surface area contributed by atoms with E-state index < -0.39 is 0 Å². The fourth-order valence-corrected chi connectivity index (χ4v) is 4.17. The van der Waals surface area contributed by atoms with E-state index in [4.69, 9.17) is 9.99 Å². The summed E-state index contributed by atoms with van der Waals surface area (Å²) in [5.41, 5.74) is 0. The summed E-state index contributed by atoms with van der Waals surface area (Å²) in [4.78, 5) is 4.34. The van der Waals surface area contributed by atoms with Gasteiger partial charge >= 0.3 is 0 Å². The van der Waals surface area contributed by atoms with Crippen LogP contribution in [0.1, 0.15) is 96.8 Å². The molecule has 1 aliphatic heterocycles. The molecule has 1 fully saturated rings. The fraction of sp³-hybridized carbons (Fsp3) is 1.00. The molecular weight excluding hydrogens is 326 g/mol. The molecule has 1 N–H and O–H groups in total. The number of quaternary nitrogens is 1. The molecule has 0 bridgehead atoms. The Labute approximate surface area is 162 Å². The van der Waals surface area contributed by atoms with Gasteiger partial charge in [-0.05, 0) is 12.8 Å². The van der Waals surface area contributed by atoms with Crippen LogP contribution in [-0.4, -0.2) is 55.7 Å². The van der Waals surface area contributed by atoms with Gasteiger partial charge in [0.05, 0.1) is 19.8 Å². The first kappa shape index (κ1) is 23.9. The second-order valence-electron chi connectivity index (χ2n) is 8.28. The van der Waals surface area contributed by atoms with Gasteiger partial charge in [-0.25, -0.2) is 4.89 Å². The molecule has 1 heterocycles. The van der Waals surface area contributed by atoms with Crippen molar-refractivity contribution in [3.05, 3.63) is 0 Å². The first-order valence-corrected chi connectivity index (χ1v) is 11.5. The highest BCUT2D eigenvalue weighted by molar-refractivity contribution is 4.53. The Morgan fingerprint density at radius 2 is 1.15 bits per heavy atom. The monoisotopic (exact) mass is 372 g/mol. The Morgan fingerprint density at radius 3 is 1.62 bits per heavy atom. The molecule has 0 spiro atoms. The third-order valence-electron chi connectivity index (χ3n) is 6.06. The Kier molecular flexibility index (Phi) is 15.6. The van der Waals surface area contributed by atoms with Crippen LogP contribution in [0, 0.1) is 0 Å². The minimum absolute atomic E-state index is 0.443. The molecule has 4 heteroatoms. The highest BCUT2D eigenvalue weighted by Gasteiger charge is 2.29. The van der Waals surface area contributed by atoms with E-state index >= 15 is 0 Å². The third-order valence-corrected chi connectivity index (χ3v) is 6.06. The molecule has 156 valence electrons. The summed E-state index contributed by atoms with van der Waals surface area (Å²) < 4.78 is 6.58. The molecule has 0 saturated carbocycles. The van der Waals surface area contributed by atoms with E-state index in [0.29, 0.717) is 6.61 Å². The van der Waals surface area contributed by atoms with E-state index in [1.807, 2.05) is 0 Å². The maximum Gasteiger partial charge on any atom is 0.131 e. The summed E-state index contributed by atoms with van der Waals surface area (Å²) >= 11 is 0. The zero-order valence-corrected chi connectivity index (χ0v) is 17.6. The van der Waals surface area contributed by atoms with Crippen LogP contribution >= 0.6 is 0 Å². The lowest BCUT2D eigenvalue weighted by Gasteiger charge is -2.41. The minimum atomic E-state index is 0.443. The van der Waals surface area contributed by atoms with Crippen LogP contribution in [0.3, 0.4) is 0 Å². The number of rotatable bonds is 18. The minimum Gasteiger partial charge on any atom is -0.370 e. The van der Waals surface area contributed by atoms with Gasteiger partial charge in [0.2, 0.25) is 0 Å². The van der Waals surface area contributed by atoms with Crippen LogP contribution in [-0.2, 0) is 9.62 Å². The summed E-state index contributed by atoms with van der Waals surface area (Å²) in [5, 5.41) is 8.66. The largest absolute Gasteiger partial charge is 0.370 e. The SMILES string of the molecule is CCCCCCCCCCCCCCCC[N+]1(CCOO)CCOCC1. The van der Waals surface area contributed by atoms with Gasteiger partial charge in [-0.1, -0.05) is 84.0 Å². The molecule has 0 atom stereocenters. The average molecular weight is 373 g/mol. The number of hydrogen-bond donors (Lipinski definition) is 1. The van der Waals surface area contributed by atoms with E-state index in [9.17, 15) is 0 Å². The third kappa shape index (κ3) is 12.3. The summed E-state index contributed by atoms with van der Waals surface area (Å²) in [5.74, 6) is 0. The normalized spacial score (nSPS) is 16.8. The predicted molar refractivity (Wildman–Crippen MR) is 109 cm³/mol. The molecule has 1 aliphatic rings. The molecular formula is C22H46NO3+. The predicted octanol–water partition coefficient (Wildman–Crippen LogP) is 5.80. The number of hydrogen-bond acceptors (Lipinski definition) is 3. The number of ether oxygens (including phenoxy) is 1. The Hall–Kier alpha value is -0.160.